The highest BCUT2D eigenvalue weighted by Crippen LogP contribution is 2.16. The van der Waals surface area contributed by atoms with Gasteiger partial charge in [0.2, 0.25) is 0 Å². The summed E-state index contributed by atoms with van der Waals surface area (Å²) >= 11 is 1.67. The van der Waals surface area contributed by atoms with E-state index in [1.165, 1.54) is 5.56 Å². The molecule has 17 heavy (non-hydrogen) atoms. The van der Waals surface area contributed by atoms with Crippen molar-refractivity contribution in [3.05, 3.63) is 39.3 Å². The van der Waals surface area contributed by atoms with Crippen molar-refractivity contribution in [1.82, 2.24) is 9.78 Å². The molecule has 0 aromatic carbocycles. The first kappa shape index (κ1) is 12.0. The van der Waals surface area contributed by atoms with Crippen LogP contribution in [0.1, 0.15) is 33.7 Å². The van der Waals surface area contributed by atoms with Crippen LogP contribution in [0.15, 0.2) is 16.8 Å². The van der Waals surface area contributed by atoms with Crippen molar-refractivity contribution in [2.75, 3.05) is 0 Å². The highest BCUT2D eigenvalue weighted by molar-refractivity contribution is 7.07. The number of ketones is 1. The summed E-state index contributed by atoms with van der Waals surface area (Å²) in [5.74, 6) is 0.194. The number of thiophene rings is 1. The second kappa shape index (κ2) is 4.84. The lowest BCUT2D eigenvalue weighted by molar-refractivity contribution is 0.0981. The zero-order valence-corrected chi connectivity index (χ0v) is 11.2. The van der Waals surface area contributed by atoms with E-state index in [1.807, 2.05) is 26.3 Å². The third-order valence-corrected chi connectivity index (χ3v) is 3.74. The molecule has 2 heterocycles. The maximum atomic E-state index is 12.1. The van der Waals surface area contributed by atoms with Gasteiger partial charge in [-0.1, -0.05) is 0 Å². The minimum atomic E-state index is 0.194. The largest absolute Gasteiger partial charge is 0.294 e. The van der Waals surface area contributed by atoms with Crippen molar-refractivity contribution in [3.63, 3.8) is 0 Å². The molecule has 3 nitrogen and oxygen atoms in total. The van der Waals surface area contributed by atoms with E-state index in [2.05, 4.69) is 16.5 Å². The molecule has 0 aliphatic heterocycles. The topological polar surface area (TPSA) is 34.9 Å². The number of hydrogen-bond acceptors (Lipinski definition) is 3. The fraction of sp³-hybridized carbons (Fsp3) is 0.385. The quantitative estimate of drug-likeness (QED) is 0.780. The smallest absolute Gasteiger partial charge is 0.166 e. The van der Waals surface area contributed by atoms with Gasteiger partial charge in [-0.25, -0.2) is 0 Å². The zero-order valence-electron chi connectivity index (χ0n) is 10.4. The summed E-state index contributed by atoms with van der Waals surface area (Å²) in [5, 5.41) is 8.41. The van der Waals surface area contributed by atoms with Gasteiger partial charge >= 0.3 is 0 Å². The van der Waals surface area contributed by atoms with Gasteiger partial charge in [-0.15, -0.1) is 0 Å². The van der Waals surface area contributed by atoms with Gasteiger partial charge in [0, 0.05) is 19.2 Å². The van der Waals surface area contributed by atoms with Crippen molar-refractivity contribution >= 4 is 17.1 Å². The Bertz CT molecular complexity index is 526. The highest BCUT2D eigenvalue weighted by atomic mass is 32.1. The minimum Gasteiger partial charge on any atom is -0.294 e. The van der Waals surface area contributed by atoms with Crippen LogP contribution in [0.25, 0.3) is 0 Å². The van der Waals surface area contributed by atoms with E-state index in [4.69, 9.17) is 0 Å². The first-order valence-corrected chi connectivity index (χ1v) is 6.58. The van der Waals surface area contributed by atoms with Gasteiger partial charge in [0.25, 0.3) is 0 Å². The first-order valence-electron chi connectivity index (χ1n) is 5.64. The lowest BCUT2D eigenvalue weighted by atomic mass is 10.0. The van der Waals surface area contributed by atoms with Crippen LogP contribution >= 0.6 is 11.3 Å². The van der Waals surface area contributed by atoms with E-state index in [-0.39, 0.29) is 5.78 Å². The van der Waals surface area contributed by atoms with Crippen LogP contribution in [-0.2, 0) is 13.5 Å². The van der Waals surface area contributed by atoms with Crippen molar-refractivity contribution in [2.24, 2.45) is 7.05 Å². The fourth-order valence-corrected chi connectivity index (χ4v) is 2.70. The van der Waals surface area contributed by atoms with E-state index in [9.17, 15) is 4.79 Å². The molecule has 0 spiro atoms. The number of aryl methyl sites for hydroxylation is 3. The maximum absolute atomic E-state index is 12.1. The SMILES string of the molecule is Cc1nn(C)c(C)c1C(=O)CCc1ccsc1. The second-order valence-electron chi connectivity index (χ2n) is 4.22. The van der Waals surface area contributed by atoms with Gasteiger partial charge in [-0.05, 0) is 42.7 Å². The molecule has 0 aliphatic rings. The van der Waals surface area contributed by atoms with Crippen molar-refractivity contribution in [2.45, 2.75) is 26.7 Å². The molecule has 2 aromatic heterocycles. The van der Waals surface area contributed by atoms with Gasteiger partial charge in [0.05, 0.1) is 11.3 Å². The molecule has 0 atom stereocenters. The van der Waals surface area contributed by atoms with Crippen LogP contribution in [0, 0.1) is 13.8 Å². The molecular formula is C13H16N2OS. The van der Waals surface area contributed by atoms with Crippen molar-refractivity contribution < 1.29 is 4.79 Å². The molecule has 4 heteroatoms. The summed E-state index contributed by atoms with van der Waals surface area (Å²) in [6.07, 6.45) is 1.38. The summed E-state index contributed by atoms with van der Waals surface area (Å²) in [7, 11) is 1.87. The fourth-order valence-electron chi connectivity index (χ4n) is 1.99. The van der Waals surface area contributed by atoms with E-state index >= 15 is 0 Å². The summed E-state index contributed by atoms with van der Waals surface area (Å²) in [6.45, 7) is 3.84. The Hall–Kier alpha value is -1.42. The molecular weight excluding hydrogens is 232 g/mol. The number of carbonyl (C=O) groups excluding carboxylic acids is 1. The lowest BCUT2D eigenvalue weighted by Crippen LogP contribution is -2.04. The molecule has 0 unspecified atom stereocenters. The minimum absolute atomic E-state index is 0.194. The normalized spacial score (nSPS) is 10.8. The Kier molecular flexibility index (Phi) is 3.43. The maximum Gasteiger partial charge on any atom is 0.166 e. The van der Waals surface area contributed by atoms with Crippen LogP contribution in [0.5, 0.6) is 0 Å². The lowest BCUT2D eigenvalue weighted by Gasteiger charge is -2.01. The Labute approximate surface area is 105 Å². The molecule has 0 radical (unpaired) electrons. The third-order valence-electron chi connectivity index (χ3n) is 3.01. The Morgan fingerprint density at radius 2 is 2.24 bits per heavy atom. The highest BCUT2D eigenvalue weighted by Gasteiger charge is 2.16. The molecule has 0 fully saturated rings. The molecule has 0 bridgehead atoms. The van der Waals surface area contributed by atoms with Crippen LogP contribution < -0.4 is 0 Å². The van der Waals surface area contributed by atoms with E-state index in [0.29, 0.717) is 6.42 Å². The average Bonchev–Trinajstić information content (AvgIpc) is 2.86. The van der Waals surface area contributed by atoms with E-state index in [0.717, 1.165) is 23.4 Å². The Morgan fingerprint density at radius 3 is 2.76 bits per heavy atom. The van der Waals surface area contributed by atoms with E-state index in [1.54, 1.807) is 16.0 Å². The molecule has 0 aliphatic carbocycles. The van der Waals surface area contributed by atoms with Crippen LogP contribution in [0.4, 0.5) is 0 Å². The Balaban J connectivity index is 2.10. The molecule has 0 saturated carbocycles. The molecule has 90 valence electrons. The number of carbonyl (C=O) groups is 1. The summed E-state index contributed by atoms with van der Waals surface area (Å²) < 4.78 is 1.77. The third kappa shape index (κ3) is 2.47. The van der Waals surface area contributed by atoms with Crippen LogP contribution in [0.2, 0.25) is 0 Å². The molecule has 2 rings (SSSR count). The van der Waals surface area contributed by atoms with Gasteiger partial charge in [0.15, 0.2) is 5.78 Å². The summed E-state index contributed by atoms with van der Waals surface area (Å²) in [4.78, 5) is 12.1. The monoisotopic (exact) mass is 248 g/mol. The number of rotatable bonds is 4. The predicted octanol–water partition coefficient (Wildman–Crippen LogP) is 2.91. The predicted molar refractivity (Wildman–Crippen MR) is 69.7 cm³/mol. The molecule has 0 amide bonds. The van der Waals surface area contributed by atoms with Crippen LogP contribution in [-0.4, -0.2) is 15.6 Å². The molecule has 0 N–H and O–H groups in total. The van der Waals surface area contributed by atoms with E-state index < -0.39 is 0 Å². The first-order chi connectivity index (χ1) is 8.09. The van der Waals surface area contributed by atoms with Crippen LogP contribution in [0.3, 0.4) is 0 Å². The summed E-state index contributed by atoms with van der Waals surface area (Å²) in [5.41, 5.74) is 3.82. The number of nitrogens with zero attached hydrogens (tertiary/aromatic N) is 2. The number of aromatic nitrogens is 2. The van der Waals surface area contributed by atoms with Crippen molar-refractivity contribution in [1.29, 1.82) is 0 Å². The number of hydrogen-bond donors (Lipinski definition) is 0. The zero-order chi connectivity index (χ0) is 12.4. The second-order valence-corrected chi connectivity index (χ2v) is 5.00. The standard InChI is InChI=1S/C13H16N2OS/c1-9-13(10(2)15(3)14-9)12(16)5-4-11-6-7-17-8-11/h6-8H,4-5H2,1-3H3. The van der Waals surface area contributed by atoms with Gasteiger partial charge in [0.1, 0.15) is 0 Å². The number of Topliss-reactive ketones (excluding diaryl/α,β-unsaturated/α-hetero) is 1. The van der Waals surface area contributed by atoms with Gasteiger partial charge in [-0.3, -0.25) is 9.48 Å². The molecule has 2 aromatic rings. The van der Waals surface area contributed by atoms with Crippen molar-refractivity contribution in [3.8, 4) is 0 Å². The molecule has 0 saturated heterocycles. The summed E-state index contributed by atoms with van der Waals surface area (Å²) in [6, 6.07) is 2.07. The van der Waals surface area contributed by atoms with Gasteiger partial charge < -0.3 is 0 Å². The van der Waals surface area contributed by atoms with Gasteiger partial charge in [-0.2, -0.15) is 16.4 Å². The Morgan fingerprint density at radius 1 is 1.47 bits per heavy atom. The average molecular weight is 248 g/mol.